The van der Waals surface area contributed by atoms with Gasteiger partial charge in [0, 0.05) is 51.2 Å². The van der Waals surface area contributed by atoms with Gasteiger partial charge in [-0.1, -0.05) is 143 Å². The lowest BCUT2D eigenvalue weighted by Gasteiger charge is -2.45. The molecule has 0 saturated carbocycles. The van der Waals surface area contributed by atoms with Crippen LogP contribution in [0, 0.1) is 0 Å². The maximum absolute atomic E-state index is 13.7. The first-order valence-corrected chi connectivity index (χ1v) is 21.7. The fourth-order valence-corrected chi connectivity index (χ4v) is 7.98. The Bertz CT molecular complexity index is 943. The van der Waals surface area contributed by atoms with Crippen molar-refractivity contribution < 1.29 is 34.5 Å². The van der Waals surface area contributed by atoms with Crippen LogP contribution in [0.15, 0.2) is 0 Å². The molecule has 1 unspecified atom stereocenters. The Labute approximate surface area is 323 Å². The summed E-state index contributed by atoms with van der Waals surface area (Å²) in [7, 11) is 0. The van der Waals surface area contributed by atoms with Gasteiger partial charge in [0.1, 0.15) is 0 Å². The maximum atomic E-state index is 13.7. The predicted octanol–water partition coefficient (Wildman–Crippen LogP) is 8.15. The van der Waals surface area contributed by atoms with Crippen LogP contribution in [0.3, 0.4) is 0 Å². The Morgan fingerprint density at radius 1 is 0.528 bits per heavy atom. The summed E-state index contributed by atoms with van der Waals surface area (Å²) in [6.07, 6.45) is 27.2. The number of hydrogen-bond acceptors (Lipinski definition) is 7. The van der Waals surface area contributed by atoms with E-state index in [-0.39, 0.29) is 19.0 Å². The topological polar surface area (TPSA) is 142 Å². The molecule has 1 heterocycles. The molecule has 1 saturated heterocycles. The first kappa shape index (κ1) is 48.8. The molecule has 3 N–H and O–H groups in total. The molecule has 1 amide bonds. The molecule has 0 aromatic rings. The Morgan fingerprint density at radius 2 is 0.943 bits per heavy atom. The molecule has 0 spiro atoms. The lowest BCUT2D eigenvalue weighted by Crippen LogP contribution is -2.61. The van der Waals surface area contributed by atoms with Gasteiger partial charge in [0.25, 0.3) is 0 Å². The van der Waals surface area contributed by atoms with Crippen LogP contribution in [0.4, 0.5) is 0 Å². The van der Waals surface area contributed by atoms with Gasteiger partial charge in [-0.3, -0.25) is 29.0 Å². The fraction of sp³-hybridized carbons (Fsp3) is 0.905. The van der Waals surface area contributed by atoms with Crippen LogP contribution in [0.2, 0.25) is 0 Å². The van der Waals surface area contributed by atoms with Crippen molar-refractivity contribution in [2.24, 2.45) is 0 Å². The molecular formula is C42H80N4O7. The van der Waals surface area contributed by atoms with Crippen LogP contribution >= 0.6 is 0 Å². The molecular weight excluding hydrogens is 672 g/mol. The first-order chi connectivity index (χ1) is 25.6. The summed E-state index contributed by atoms with van der Waals surface area (Å²) in [5.41, 5.74) is -0.881. The van der Waals surface area contributed by atoms with E-state index in [1.54, 1.807) is 4.90 Å². The highest BCUT2D eigenvalue weighted by molar-refractivity contribution is 5.76. The van der Waals surface area contributed by atoms with Gasteiger partial charge >= 0.3 is 17.9 Å². The maximum Gasteiger partial charge on any atom is 0.317 e. The fourth-order valence-electron chi connectivity index (χ4n) is 7.98. The summed E-state index contributed by atoms with van der Waals surface area (Å²) in [4.78, 5) is 56.9. The highest BCUT2D eigenvalue weighted by Gasteiger charge is 2.43. The van der Waals surface area contributed by atoms with E-state index < -0.39 is 36.5 Å². The van der Waals surface area contributed by atoms with Crippen molar-refractivity contribution in [3.63, 3.8) is 0 Å². The largest absolute Gasteiger partial charge is 0.480 e. The summed E-state index contributed by atoms with van der Waals surface area (Å²) < 4.78 is 0. The number of likely N-dealkylation sites (N-methyl/N-ethyl adjacent to an activating group) is 1. The van der Waals surface area contributed by atoms with Crippen molar-refractivity contribution in [3.05, 3.63) is 0 Å². The van der Waals surface area contributed by atoms with Crippen LogP contribution in [0.25, 0.3) is 0 Å². The van der Waals surface area contributed by atoms with E-state index in [4.69, 9.17) is 0 Å². The highest BCUT2D eigenvalue weighted by atomic mass is 16.4. The number of nitrogens with zero attached hydrogens (tertiary/aromatic N) is 4. The molecule has 11 heteroatoms. The molecule has 0 bridgehead atoms. The number of aliphatic carboxylic acids is 3. The van der Waals surface area contributed by atoms with E-state index in [0.717, 1.165) is 38.8 Å². The zero-order valence-corrected chi connectivity index (χ0v) is 34.3. The minimum atomic E-state index is -1.12. The minimum absolute atomic E-state index is 0.169. The van der Waals surface area contributed by atoms with Crippen LogP contribution in [-0.2, 0) is 19.2 Å². The first-order valence-electron chi connectivity index (χ1n) is 21.7. The van der Waals surface area contributed by atoms with E-state index in [0.29, 0.717) is 51.9 Å². The second-order valence-electron chi connectivity index (χ2n) is 15.8. The molecule has 1 atom stereocenters. The van der Waals surface area contributed by atoms with Crippen molar-refractivity contribution >= 4 is 23.8 Å². The number of rotatable bonds is 35. The molecule has 1 aliphatic rings. The van der Waals surface area contributed by atoms with Gasteiger partial charge in [0.05, 0.1) is 19.6 Å². The molecule has 0 radical (unpaired) electrons. The van der Waals surface area contributed by atoms with Crippen molar-refractivity contribution in [2.75, 3.05) is 65.4 Å². The molecule has 0 aliphatic carbocycles. The summed E-state index contributed by atoms with van der Waals surface area (Å²) in [5, 5.41) is 29.2. The summed E-state index contributed by atoms with van der Waals surface area (Å²) in [6.45, 7) is 9.49. The van der Waals surface area contributed by atoms with Gasteiger partial charge in [-0.15, -0.1) is 0 Å². The van der Waals surface area contributed by atoms with Crippen LogP contribution < -0.4 is 0 Å². The number of carbonyl (C=O) groups excluding carboxylic acids is 1. The number of unbranched alkanes of at least 4 members (excludes halogenated alkanes) is 19. The van der Waals surface area contributed by atoms with Gasteiger partial charge in [0.15, 0.2) is 0 Å². The monoisotopic (exact) mass is 753 g/mol. The van der Waals surface area contributed by atoms with E-state index in [2.05, 4.69) is 23.6 Å². The Balaban J connectivity index is 2.86. The second kappa shape index (κ2) is 31.0. The molecule has 53 heavy (non-hydrogen) atoms. The van der Waals surface area contributed by atoms with Crippen molar-refractivity contribution in [1.29, 1.82) is 0 Å². The standard InChI is InChI=1S/C42H80N4O7/c1-4-7-9-11-13-15-17-19-21-25-29-45(30-26-22-20-18-16-14-12-10-8-5-2)38(47)27-23-24-28-42(46(34-40(50)51)35-41(52)53)36-43(6-3)31-32-44(37-42)33-39(48)49/h4-37H2,1-3H3,(H,48,49)(H,50,51)(H,52,53). The molecule has 11 nitrogen and oxygen atoms in total. The lowest BCUT2D eigenvalue weighted by molar-refractivity contribution is -0.147. The number of carbonyl (C=O) groups is 4. The van der Waals surface area contributed by atoms with Crippen molar-refractivity contribution in [2.45, 2.75) is 180 Å². The van der Waals surface area contributed by atoms with Crippen molar-refractivity contribution in [3.8, 4) is 0 Å². The SMILES string of the molecule is CCCCCCCCCCCCN(CCCCCCCCCCCC)C(=O)CCCCC1(N(CC(=O)O)CC(=O)O)CN(CC)CCN(CC(=O)O)C1. The summed E-state index contributed by atoms with van der Waals surface area (Å²) >= 11 is 0. The molecule has 1 aliphatic heterocycles. The number of carboxylic acid groups (broad SMARTS) is 3. The van der Waals surface area contributed by atoms with E-state index >= 15 is 0 Å². The van der Waals surface area contributed by atoms with Gasteiger partial charge in [-0.25, -0.2) is 0 Å². The molecule has 0 aromatic carbocycles. The van der Waals surface area contributed by atoms with E-state index in [1.165, 1.54) is 108 Å². The number of carboxylic acids is 3. The predicted molar refractivity (Wildman–Crippen MR) is 215 cm³/mol. The van der Waals surface area contributed by atoms with Gasteiger partial charge < -0.3 is 25.1 Å². The number of amides is 1. The summed E-state index contributed by atoms with van der Waals surface area (Å²) in [5.74, 6) is -3.04. The molecule has 1 fully saturated rings. The third-order valence-corrected chi connectivity index (χ3v) is 11.1. The quantitative estimate of drug-likeness (QED) is 0.0543. The lowest BCUT2D eigenvalue weighted by atomic mass is 9.88. The Kier molecular flexibility index (Phi) is 28.5. The van der Waals surface area contributed by atoms with Crippen molar-refractivity contribution in [1.82, 2.24) is 19.6 Å². The third kappa shape index (κ3) is 24.0. The second-order valence-corrected chi connectivity index (χ2v) is 15.8. The highest BCUT2D eigenvalue weighted by Crippen LogP contribution is 2.29. The normalized spacial score (nSPS) is 16.9. The zero-order chi connectivity index (χ0) is 39.2. The average molecular weight is 753 g/mol. The molecule has 310 valence electrons. The Hall–Kier alpha value is -2.24. The van der Waals surface area contributed by atoms with Gasteiger partial charge in [-0.2, -0.15) is 0 Å². The average Bonchev–Trinajstić information content (AvgIpc) is 3.29. The van der Waals surface area contributed by atoms with Gasteiger partial charge in [0.2, 0.25) is 5.91 Å². The molecule has 0 aromatic heterocycles. The van der Waals surface area contributed by atoms with E-state index in [1.807, 2.05) is 6.92 Å². The minimum Gasteiger partial charge on any atom is -0.480 e. The van der Waals surface area contributed by atoms with Crippen LogP contribution in [0.5, 0.6) is 0 Å². The smallest absolute Gasteiger partial charge is 0.317 e. The van der Waals surface area contributed by atoms with Crippen LogP contribution in [0.1, 0.15) is 175 Å². The zero-order valence-electron chi connectivity index (χ0n) is 34.3. The number of hydrogen-bond donors (Lipinski definition) is 3. The van der Waals surface area contributed by atoms with Crippen LogP contribution in [-0.4, -0.2) is 130 Å². The third-order valence-electron chi connectivity index (χ3n) is 11.1. The summed E-state index contributed by atoms with van der Waals surface area (Å²) in [6, 6.07) is 0. The Morgan fingerprint density at radius 3 is 1.36 bits per heavy atom. The van der Waals surface area contributed by atoms with Gasteiger partial charge in [-0.05, 0) is 32.2 Å². The molecule has 1 rings (SSSR count). The van der Waals surface area contributed by atoms with E-state index in [9.17, 15) is 34.5 Å².